The van der Waals surface area contributed by atoms with Gasteiger partial charge in [-0.05, 0) is 12.8 Å². The van der Waals surface area contributed by atoms with Crippen LogP contribution in [0, 0.1) is 0 Å². The number of hydrogen-bond acceptors (Lipinski definition) is 2. The molecule has 0 bridgehead atoms. The van der Waals surface area contributed by atoms with E-state index >= 15 is 0 Å². The van der Waals surface area contributed by atoms with E-state index in [-0.39, 0.29) is 28.0 Å². The molecule has 0 aliphatic heterocycles. The van der Waals surface area contributed by atoms with Gasteiger partial charge in [-0.3, -0.25) is 0 Å². The molecule has 0 aliphatic rings. The van der Waals surface area contributed by atoms with Gasteiger partial charge in [-0.1, -0.05) is 26.7 Å². The molecule has 0 rings (SSSR count). The Balaban J connectivity index is -0.000000143. The fraction of sp³-hybridized carbons (Fsp3) is 0.600. The van der Waals surface area contributed by atoms with Crippen molar-refractivity contribution in [3.8, 4) is 0 Å². The summed E-state index contributed by atoms with van der Waals surface area (Å²) in [6.45, 7) is 10.3. The minimum atomic E-state index is 0. The smallest absolute Gasteiger partial charge is 0.876 e. The van der Waals surface area contributed by atoms with Crippen molar-refractivity contribution in [3.05, 3.63) is 24.7 Å². The van der Waals surface area contributed by atoms with Crippen LogP contribution >= 0.6 is 0 Å². The Morgan fingerprint density at radius 1 is 0.923 bits per heavy atom. The van der Waals surface area contributed by atoms with E-state index in [9.17, 15) is 10.2 Å². The molecule has 0 saturated carbocycles. The summed E-state index contributed by atoms with van der Waals surface area (Å²) in [4.78, 5) is 0. The Hall–Kier alpha value is -0.426. The molecule has 80 valence electrons. The van der Waals surface area contributed by atoms with Crippen molar-refractivity contribution in [2.45, 2.75) is 39.5 Å². The SMILES string of the molecule is C=C([O-])CCC.C=C([O-])CCC.[Ni+2]. The largest absolute Gasteiger partial charge is 2.00 e. The minimum Gasteiger partial charge on any atom is -0.876 e. The van der Waals surface area contributed by atoms with Gasteiger partial charge >= 0.3 is 16.5 Å². The van der Waals surface area contributed by atoms with E-state index in [0.29, 0.717) is 12.8 Å². The monoisotopic (exact) mass is 228 g/mol. The van der Waals surface area contributed by atoms with Crippen molar-refractivity contribution >= 4 is 0 Å². The Kier molecular flexibility index (Phi) is 20.0. The Labute approximate surface area is 91.3 Å². The quantitative estimate of drug-likeness (QED) is 0.539. The Bertz CT molecular complexity index is 117. The first-order valence-corrected chi connectivity index (χ1v) is 4.24. The van der Waals surface area contributed by atoms with Gasteiger partial charge in [0.15, 0.2) is 0 Å². The molecular weight excluding hydrogens is 211 g/mol. The average molecular weight is 229 g/mol. The third-order valence-corrected chi connectivity index (χ3v) is 1.06. The summed E-state index contributed by atoms with van der Waals surface area (Å²) in [7, 11) is 0. The summed E-state index contributed by atoms with van der Waals surface area (Å²) in [5.74, 6) is 0.0787. The van der Waals surface area contributed by atoms with E-state index in [4.69, 9.17) is 0 Å². The van der Waals surface area contributed by atoms with Crippen molar-refractivity contribution in [3.63, 3.8) is 0 Å². The Morgan fingerprint density at radius 3 is 1.15 bits per heavy atom. The van der Waals surface area contributed by atoms with Crippen LogP contribution in [-0.2, 0) is 16.5 Å². The molecule has 3 heteroatoms. The van der Waals surface area contributed by atoms with E-state index in [1.54, 1.807) is 0 Å². The van der Waals surface area contributed by atoms with Gasteiger partial charge in [0.25, 0.3) is 0 Å². The molecule has 2 nitrogen and oxygen atoms in total. The third kappa shape index (κ3) is 34.1. The molecule has 0 atom stereocenters. The molecule has 0 unspecified atom stereocenters. The second-order valence-corrected chi connectivity index (χ2v) is 2.58. The molecule has 0 heterocycles. The van der Waals surface area contributed by atoms with Gasteiger partial charge in [0.1, 0.15) is 0 Å². The van der Waals surface area contributed by atoms with Gasteiger partial charge in [0.2, 0.25) is 0 Å². The molecule has 0 aromatic heterocycles. The minimum absolute atomic E-state index is 0. The van der Waals surface area contributed by atoms with Gasteiger partial charge in [-0.15, -0.1) is 24.7 Å². The summed E-state index contributed by atoms with van der Waals surface area (Å²) >= 11 is 0. The summed E-state index contributed by atoms with van der Waals surface area (Å²) in [6, 6.07) is 0. The summed E-state index contributed by atoms with van der Waals surface area (Å²) in [6.07, 6.45) is 3.09. The van der Waals surface area contributed by atoms with Crippen LogP contribution in [0.25, 0.3) is 0 Å². The second kappa shape index (κ2) is 14.1. The standard InChI is InChI=1S/2C5H10O.Ni/c2*1-3-4-5(2)6;/h2*6H,2-4H2,1H3;/q;;+2/p-2. The van der Waals surface area contributed by atoms with Crippen LogP contribution < -0.4 is 10.2 Å². The Morgan fingerprint density at radius 2 is 1.15 bits per heavy atom. The topological polar surface area (TPSA) is 46.1 Å². The van der Waals surface area contributed by atoms with Gasteiger partial charge in [-0.2, -0.15) is 0 Å². The average Bonchev–Trinajstić information content (AvgIpc) is 1.87. The molecule has 0 radical (unpaired) electrons. The maximum absolute atomic E-state index is 9.93. The van der Waals surface area contributed by atoms with Crippen LogP contribution in [0.4, 0.5) is 0 Å². The molecule has 0 aromatic rings. The first-order chi connectivity index (χ1) is 5.54. The van der Waals surface area contributed by atoms with Crippen LogP contribution in [0.1, 0.15) is 39.5 Å². The number of allylic oxidation sites excluding steroid dienone is 2. The first kappa shape index (κ1) is 18.4. The normalized spacial score (nSPS) is 7.54. The van der Waals surface area contributed by atoms with Crippen LogP contribution in [0.2, 0.25) is 0 Å². The third-order valence-electron chi connectivity index (χ3n) is 1.06. The van der Waals surface area contributed by atoms with Crippen molar-refractivity contribution in [1.82, 2.24) is 0 Å². The maximum atomic E-state index is 9.93. The van der Waals surface area contributed by atoms with Gasteiger partial charge in [0, 0.05) is 0 Å². The molecule has 0 aromatic carbocycles. The van der Waals surface area contributed by atoms with Crippen molar-refractivity contribution in [1.29, 1.82) is 0 Å². The molecule has 0 fully saturated rings. The zero-order valence-electron chi connectivity index (χ0n) is 8.38. The fourth-order valence-corrected chi connectivity index (χ4v) is 0.558. The van der Waals surface area contributed by atoms with Crippen LogP contribution in [0.5, 0.6) is 0 Å². The van der Waals surface area contributed by atoms with Crippen LogP contribution in [0.3, 0.4) is 0 Å². The van der Waals surface area contributed by atoms with Gasteiger partial charge < -0.3 is 10.2 Å². The molecule has 0 N–H and O–H groups in total. The second-order valence-electron chi connectivity index (χ2n) is 2.58. The van der Waals surface area contributed by atoms with Crippen molar-refractivity contribution in [2.24, 2.45) is 0 Å². The van der Waals surface area contributed by atoms with Crippen molar-refractivity contribution in [2.75, 3.05) is 0 Å². The molecule has 13 heavy (non-hydrogen) atoms. The van der Waals surface area contributed by atoms with E-state index in [2.05, 4.69) is 13.2 Å². The number of hydrogen-bond donors (Lipinski definition) is 0. The predicted octanol–water partition coefficient (Wildman–Crippen LogP) is 1.32. The fourth-order valence-electron chi connectivity index (χ4n) is 0.558. The first-order valence-electron chi connectivity index (χ1n) is 4.24. The number of rotatable bonds is 4. The molecular formula is C10H18NiO2. The zero-order valence-corrected chi connectivity index (χ0v) is 9.36. The summed E-state index contributed by atoms with van der Waals surface area (Å²) in [5.41, 5.74) is 0. The molecule has 0 amide bonds. The van der Waals surface area contributed by atoms with Crippen LogP contribution in [-0.4, -0.2) is 0 Å². The molecule has 0 aliphatic carbocycles. The van der Waals surface area contributed by atoms with E-state index in [1.165, 1.54) is 0 Å². The predicted molar refractivity (Wildman–Crippen MR) is 48.1 cm³/mol. The van der Waals surface area contributed by atoms with Crippen LogP contribution in [0.15, 0.2) is 24.7 Å². The van der Waals surface area contributed by atoms with Gasteiger partial charge in [0.05, 0.1) is 0 Å². The van der Waals surface area contributed by atoms with Crippen molar-refractivity contribution < 1.29 is 26.7 Å². The van der Waals surface area contributed by atoms with E-state index in [1.807, 2.05) is 13.8 Å². The maximum Gasteiger partial charge on any atom is 2.00 e. The summed E-state index contributed by atoms with van der Waals surface area (Å²) < 4.78 is 0. The van der Waals surface area contributed by atoms with Gasteiger partial charge in [-0.25, -0.2) is 0 Å². The zero-order chi connectivity index (χ0) is 9.98. The van der Waals surface area contributed by atoms with E-state index in [0.717, 1.165) is 12.8 Å². The van der Waals surface area contributed by atoms with E-state index < -0.39 is 0 Å². The summed E-state index contributed by atoms with van der Waals surface area (Å²) in [5, 5.41) is 19.9. The molecule has 0 spiro atoms. The molecule has 0 saturated heterocycles.